The van der Waals surface area contributed by atoms with Gasteiger partial charge in [0.1, 0.15) is 0 Å². The Morgan fingerprint density at radius 3 is 2.63 bits per heavy atom. The van der Waals surface area contributed by atoms with E-state index in [4.69, 9.17) is 0 Å². The van der Waals surface area contributed by atoms with Crippen molar-refractivity contribution in [3.8, 4) is 0 Å². The summed E-state index contributed by atoms with van der Waals surface area (Å²) >= 11 is 0. The molecule has 19 heavy (non-hydrogen) atoms. The second-order valence-corrected chi connectivity index (χ2v) is 5.15. The Labute approximate surface area is 112 Å². The third-order valence-electron chi connectivity index (χ3n) is 3.69. The average molecular weight is 271 g/mol. The van der Waals surface area contributed by atoms with Gasteiger partial charge in [-0.3, -0.25) is 0 Å². The highest BCUT2D eigenvalue weighted by Gasteiger charge is 2.28. The quantitative estimate of drug-likeness (QED) is 0.847. The van der Waals surface area contributed by atoms with E-state index < -0.39 is 12.6 Å². The zero-order valence-electron chi connectivity index (χ0n) is 11.2. The third-order valence-corrected chi connectivity index (χ3v) is 3.69. The predicted octanol–water partition coefficient (Wildman–Crippen LogP) is 4.17. The minimum Gasteiger partial charge on any atom is -0.310 e. The molecule has 1 nitrogen and oxygen atoms in total. The molecule has 1 aliphatic rings. The molecule has 0 aliphatic heterocycles. The van der Waals surface area contributed by atoms with Crippen LogP contribution >= 0.6 is 0 Å². The summed E-state index contributed by atoms with van der Waals surface area (Å²) in [6.07, 6.45) is -1.39. The lowest BCUT2D eigenvalue weighted by Crippen LogP contribution is -2.23. The van der Waals surface area contributed by atoms with Gasteiger partial charge in [0.25, 0.3) is 0 Å². The van der Waals surface area contributed by atoms with Gasteiger partial charge in [-0.1, -0.05) is 25.1 Å². The van der Waals surface area contributed by atoms with Gasteiger partial charge in [0, 0.05) is 12.5 Å². The zero-order valence-corrected chi connectivity index (χ0v) is 11.2. The smallest absolute Gasteiger partial charge is 0.310 e. The minimum atomic E-state index is -4.08. The lowest BCUT2D eigenvalue weighted by Gasteiger charge is -2.20. The molecule has 1 aliphatic carbocycles. The number of nitrogens with one attached hydrogen (secondary N) is 1. The third kappa shape index (κ3) is 3.96. The summed E-state index contributed by atoms with van der Waals surface area (Å²) in [5, 5.41) is 3.16. The van der Waals surface area contributed by atoms with Crippen LogP contribution in [0, 0.1) is 0 Å². The van der Waals surface area contributed by atoms with Crippen molar-refractivity contribution in [2.45, 2.75) is 51.2 Å². The molecular weight excluding hydrogens is 251 g/mol. The van der Waals surface area contributed by atoms with Gasteiger partial charge in [-0.25, -0.2) is 0 Å². The Morgan fingerprint density at radius 2 is 1.95 bits per heavy atom. The molecule has 1 N–H and O–H groups in total. The fourth-order valence-electron chi connectivity index (χ4n) is 2.75. The lowest BCUT2D eigenvalue weighted by atomic mass is 9.98. The molecule has 2 rings (SSSR count). The first-order valence-corrected chi connectivity index (χ1v) is 6.91. The van der Waals surface area contributed by atoms with Crippen LogP contribution in [0.4, 0.5) is 13.2 Å². The van der Waals surface area contributed by atoms with E-state index in [0.29, 0.717) is 6.54 Å². The van der Waals surface area contributed by atoms with E-state index in [-0.39, 0.29) is 12.5 Å². The molecule has 1 unspecified atom stereocenters. The van der Waals surface area contributed by atoms with E-state index in [9.17, 15) is 13.2 Å². The van der Waals surface area contributed by atoms with Crippen LogP contribution in [0.2, 0.25) is 0 Å². The number of benzene rings is 1. The van der Waals surface area contributed by atoms with Gasteiger partial charge in [-0.05, 0) is 48.9 Å². The van der Waals surface area contributed by atoms with Crippen molar-refractivity contribution in [2.24, 2.45) is 0 Å². The lowest BCUT2D eigenvalue weighted by molar-refractivity contribution is -0.136. The van der Waals surface area contributed by atoms with Crippen LogP contribution in [0.3, 0.4) is 0 Å². The first-order valence-electron chi connectivity index (χ1n) is 6.91. The number of hydrogen-bond acceptors (Lipinski definition) is 1. The summed E-state index contributed by atoms with van der Waals surface area (Å²) in [4.78, 5) is 0. The van der Waals surface area contributed by atoms with Crippen LogP contribution in [0.5, 0.6) is 0 Å². The second kappa shape index (κ2) is 5.95. The highest BCUT2D eigenvalue weighted by molar-refractivity contribution is 5.36. The van der Waals surface area contributed by atoms with Gasteiger partial charge in [-0.15, -0.1) is 0 Å². The topological polar surface area (TPSA) is 12.0 Å². The molecule has 0 saturated heterocycles. The van der Waals surface area contributed by atoms with E-state index in [1.807, 2.05) is 13.0 Å². The molecule has 4 heteroatoms. The van der Waals surface area contributed by atoms with Crippen molar-refractivity contribution in [3.63, 3.8) is 0 Å². The van der Waals surface area contributed by atoms with Gasteiger partial charge < -0.3 is 5.32 Å². The Morgan fingerprint density at radius 1 is 1.21 bits per heavy atom. The summed E-state index contributed by atoms with van der Waals surface area (Å²) in [6, 6.07) is 5.95. The van der Waals surface area contributed by atoms with Crippen LogP contribution in [0.15, 0.2) is 18.2 Å². The fourth-order valence-corrected chi connectivity index (χ4v) is 2.75. The summed E-state index contributed by atoms with van der Waals surface area (Å²) in [5.74, 6) is 0. The van der Waals surface area contributed by atoms with Crippen molar-refractivity contribution in [1.82, 2.24) is 5.32 Å². The maximum absolute atomic E-state index is 12.4. The van der Waals surface area contributed by atoms with E-state index >= 15 is 0 Å². The first kappa shape index (κ1) is 14.4. The molecule has 0 aromatic heterocycles. The zero-order chi connectivity index (χ0) is 13.9. The molecule has 1 atom stereocenters. The molecule has 1 aromatic carbocycles. The molecule has 0 radical (unpaired) electrons. The molecule has 1 aromatic rings. The highest BCUT2D eigenvalue weighted by Crippen LogP contribution is 2.30. The highest BCUT2D eigenvalue weighted by atomic mass is 19.4. The van der Waals surface area contributed by atoms with Crippen molar-refractivity contribution in [1.29, 1.82) is 0 Å². The van der Waals surface area contributed by atoms with E-state index in [1.54, 1.807) is 0 Å². The van der Waals surface area contributed by atoms with Crippen LogP contribution < -0.4 is 5.32 Å². The van der Waals surface area contributed by atoms with Crippen LogP contribution in [0.25, 0.3) is 0 Å². The van der Waals surface area contributed by atoms with Crippen molar-refractivity contribution in [3.05, 3.63) is 34.9 Å². The minimum absolute atomic E-state index is 0.107. The standard InChI is InChI=1S/C15H20F3N/c1-2-19-14(8-9-15(16,17)18)13-7-6-11-4-3-5-12(11)10-13/h6-7,10,14,19H,2-5,8-9H2,1H3. The molecule has 0 amide bonds. The Balaban J connectivity index is 2.10. The van der Waals surface area contributed by atoms with Crippen molar-refractivity contribution >= 4 is 0 Å². The predicted molar refractivity (Wildman–Crippen MR) is 70.2 cm³/mol. The number of aryl methyl sites for hydroxylation is 2. The SMILES string of the molecule is CCNC(CCC(F)(F)F)c1ccc2c(c1)CCC2. The molecule has 0 saturated carbocycles. The Hall–Kier alpha value is -1.03. The van der Waals surface area contributed by atoms with E-state index in [1.165, 1.54) is 11.1 Å². The molecule has 0 heterocycles. The first-order chi connectivity index (χ1) is 8.99. The van der Waals surface area contributed by atoms with E-state index in [2.05, 4.69) is 17.4 Å². The molecule has 106 valence electrons. The number of alkyl halides is 3. The summed E-state index contributed by atoms with van der Waals surface area (Å²) < 4.78 is 37.1. The second-order valence-electron chi connectivity index (χ2n) is 5.15. The molecule has 0 bridgehead atoms. The van der Waals surface area contributed by atoms with Gasteiger partial charge in [0.05, 0.1) is 0 Å². The number of fused-ring (bicyclic) bond motifs is 1. The number of hydrogen-bond donors (Lipinski definition) is 1. The van der Waals surface area contributed by atoms with Gasteiger partial charge >= 0.3 is 6.18 Å². The monoisotopic (exact) mass is 271 g/mol. The average Bonchev–Trinajstić information content (AvgIpc) is 2.80. The van der Waals surface area contributed by atoms with Crippen LogP contribution in [0.1, 0.15) is 48.9 Å². The van der Waals surface area contributed by atoms with Crippen LogP contribution in [-0.4, -0.2) is 12.7 Å². The fraction of sp³-hybridized carbons (Fsp3) is 0.600. The normalized spacial score (nSPS) is 16.4. The largest absolute Gasteiger partial charge is 0.389 e. The maximum atomic E-state index is 12.4. The summed E-state index contributed by atoms with van der Waals surface area (Å²) in [5.41, 5.74) is 3.66. The van der Waals surface area contributed by atoms with Gasteiger partial charge in [0.15, 0.2) is 0 Å². The number of halogens is 3. The van der Waals surface area contributed by atoms with Crippen molar-refractivity contribution < 1.29 is 13.2 Å². The Kier molecular flexibility index (Phi) is 4.50. The summed E-state index contributed by atoms with van der Waals surface area (Å²) in [6.45, 7) is 2.60. The van der Waals surface area contributed by atoms with E-state index in [0.717, 1.165) is 24.8 Å². The molecule has 0 spiro atoms. The van der Waals surface area contributed by atoms with Crippen LogP contribution in [-0.2, 0) is 12.8 Å². The number of rotatable bonds is 5. The maximum Gasteiger partial charge on any atom is 0.389 e. The molecule has 0 fully saturated rings. The van der Waals surface area contributed by atoms with Gasteiger partial charge in [0.2, 0.25) is 0 Å². The Bertz CT molecular complexity index is 426. The summed E-state index contributed by atoms with van der Waals surface area (Å²) in [7, 11) is 0. The van der Waals surface area contributed by atoms with Crippen molar-refractivity contribution in [2.75, 3.05) is 6.54 Å². The molecular formula is C15H20F3N. The van der Waals surface area contributed by atoms with Gasteiger partial charge in [-0.2, -0.15) is 13.2 Å².